The highest BCUT2D eigenvalue weighted by Crippen LogP contribution is 2.08. The largest absolute Gasteiger partial charge is 0.480 e. The van der Waals surface area contributed by atoms with Crippen molar-refractivity contribution in [1.82, 2.24) is 35.1 Å². The summed E-state index contributed by atoms with van der Waals surface area (Å²) in [6, 6.07) is -1.26. The number of hydrogen-bond acceptors (Lipinski definition) is 12. The Bertz CT molecular complexity index is 1150. The topological polar surface area (TPSA) is 258 Å². The number of nitrogens with zero attached hydrogens (tertiary/aromatic N) is 5. The molecule has 0 spiro atoms. The molecule has 6 N–H and O–H groups in total. The van der Waals surface area contributed by atoms with E-state index in [0.29, 0.717) is 12.8 Å². The average molecular weight is 670 g/mol. The lowest BCUT2D eigenvalue weighted by Gasteiger charge is -2.32. The van der Waals surface area contributed by atoms with Crippen molar-refractivity contribution in [2.24, 2.45) is 0 Å². The van der Waals surface area contributed by atoms with E-state index < -0.39 is 60.1 Å². The van der Waals surface area contributed by atoms with E-state index in [0.717, 1.165) is 17.1 Å². The molecule has 2 aliphatic heterocycles. The van der Waals surface area contributed by atoms with Crippen LogP contribution in [0.2, 0.25) is 0 Å². The second-order valence-corrected chi connectivity index (χ2v) is 11.2. The first-order valence-electron chi connectivity index (χ1n) is 15.1. The van der Waals surface area contributed by atoms with Gasteiger partial charge in [0.2, 0.25) is 11.8 Å². The Morgan fingerprint density at radius 2 is 1.02 bits per heavy atom. The van der Waals surface area contributed by atoms with Crippen LogP contribution in [0.25, 0.3) is 0 Å². The van der Waals surface area contributed by atoms with Crippen LogP contribution in [0.15, 0.2) is 12.2 Å². The predicted molar refractivity (Wildman–Crippen MR) is 161 cm³/mol. The first-order chi connectivity index (χ1) is 22.2. The van der Waals surface area contributed by atoms with Crippen LogP contribution in [-0.2, 0) is 38.4 Å². The molecule has 1 fully saturated rings. The highest BCUT2D eigenvalue weighted by atomic mass is 16.4. The first-order valence-corrected chi connectivity index (χ1v) is 15.1. The molecule has 19 nitrogen and oxygen atoms in total. The summed E-state index contributed by atoms with van der Waals surface area (Å²) in [5.41, 5.74) is 0. The van der Waals surface area contributed by atoms with E-state index in [1.807, 2.05) is 0 Å². The maximum atomic E-state index is 12.8. The number of amides is 4. The van der Waals surface area contributed by atoms with Crippen molar-refractivity contribution < 1.29 is 58.8 Å². The SMILES string of the molecule is O=C(O)CN1CCN(CC(=O)O)CCN(CC(=O)NCC(=O)NC(CCCCN2C(=O)C=CC2=O)C(=O)O)CCN(CC(=O)O)CC1. The number of nitrogens with one attached hydrogen (secondary N) is 2. The predicted octanol–water partition coefficient (Wildman–Crippen LogP) is -3.76. The summed E-state index contributed by atoms with van der Waals surface area (Å²) in [6.45, 7) is 0.157. The molecule has 2 aliphatic rings. The Morgan fingerprint density at radius 3 is 1.40 bits per heavy atom. The number of unbranched alkanes of at least 4 members (excludes halogenated alkanes) is 1. The third kappa shape index (κ3) is 15.6. The molecular weight excluding hydrogens is 626 g/mol. The lowest BCUT2D eigenvalue weighted by molar-refractivity contribution is -0.142. The fourth-order valence-electron chi connectivity index (χ4n) is 5.00. The Labute approximate surface area is 270 Å². The third-order valence-electron chi connectivity index (χ3n) is 7.48. The molecule has 0 radical (unpaired) electrons. The van der Waals surface area contributed by atoms with Gasteiger partial charge in [0.15, 0.2) is 0 Å². The van der Waals surface area contributed by atoms with E-state index in [-0.39, 0.29) is 91.5 Å². The van der Waals surface area contributed by atoms with Gasteiger partial charge in [-0.2, -0.15) is 0 Å². The third-order valence-corrected chi connectivity index (χ3v) is 7.48. The minimum Gasteiger partial charge on any atom is -0.480 e. The van der Waals surface area contributed by atoms with Crippen molar-refractivity contribution in [2.75, 3.05) is 91.6 Å². The van der Waals surface area contributed by atoms with Gasteiger partial charge in [0.25, 0.3) is 11.8 Å². The minimum absolute atomic E-state index is 0.0280. The zero-order valence-electron chi connectivity index (χ0n) is 26.0. The van der Waals surface area contributed by atoms with Crippen LogP contribution >= 0.6 is 0 Å². The number of rotatable bonds is 17. The molecule has 19 heteroatoms. The highest BCUT2D eigenvalue weighted by molar-refractivity contribution is 6.12. The standard InChI is InChI=1S/C28H43N7O12/c36-21(30-20(28(46)47)3-1-2-6-35-23(38)4-5-24(35)39)15-29-22(37)16-31-7-9-32(17-25(40)41)11-13-34(19-27(44)45)14-12-33(10-8-31)18-26(42)43/h4-5,20H,1-3,6-19H2,(H,29,37)(H,30,36)(H,40,41)(H,42,43)(H,44,45)(H,46,47). The zero-order valence-corrected chi connectivity index (χ0v) is 26.0. The molecule has 47 heavy (non-hydrogen) atoms. The summed E-state index contributed by atoms with van der Waals surface area (Å²) >= 11 is 0. The average Bonchev–Trinajstić information content (AvgIpc) is 3.30. The van der Waals surface area contributed by atoms with Crippen LogP contribution in [0.3, 0.4) is 0 Å². The van der Waals surface area contributed by atoms with E-state index in [2.05, 4.69) is 10.6 Å². The van der Waals surface area contributed by atoms with E-state index >= 15 is 0 Å². The quantitative estimate of drug-likeness (QED) is 0.0642. The van der Waals surface area contributed by atoms with Crippen molar-refractivity contribution in [3.8, 4) is 0 Å². The van der Waals surface area contributed by atoms with Gasteiger partial charge in [0.1, 0.15) is 6.04 Å². The molecule has 0 saturated carbocycles. The Morgan fingerprint density at radius 1 is 0.617 bits per heavy atom. The highest BCUT2D eigenvalue weighted by Gasteiger charge is 2.25. The molecular formula is C28H43N7O12. The van der Waals surface area contributed by atoms with Crippen LogP contribution in [0.4, 0.5) is 0 Å². The number of hydrogen-bond donors (Lipinski definition) is 6. The van der Waals surface area contributed by atoms with Crippen molar-refractivity contribution in [3.63, 3.8) is 0 Å². The lowest BCUT2D eigenvalue weighted by Crippen LogP contribution is -2.50. The van der Waals surface area contributed by atoms with E-state index in [9.17, 15) is 58.8 Å². The molecule has 0 aliphatic carbocycles. The van der Waals surface area contributed by atoms with Crippen LogP contribution in [0.5, 0.6) is 0 Å². The van der Waals surface area contributed by atoms with Gasteiger partial charge in [-0.15, -0.1) is 0 Å². The smallest absolute Gasteiger partial charge is 0.326 e. The van der Waals surface area contributed by atoms with Crippen LogP contribution in [0.1, 0.15) is 19.3 Å². The maximum Gasteiger partial charge on any atom is 0.326 e. The van der Waals surface area contributed by atoms with E-state index in [1.54, 1.807) is 19.6 Å². The molecule has 0 aromatic heterocycles. The summed E-state index contributed by atoms with van der Waals surface area (Å²) in [5.74, 6) is -6.74. The van der Waals surface area contributed by atoms with Crippen LogP contribution in [0, 0.1) is 0 Å². The summed E-state index contributed by atoms with van der Waals surface area (Å²) < 4.78 is 0. The molecule has 4 amide bonds. The first kappa shape index (κ1) is 38.7. The minimum atomic E-state index is -1.29. The number of imide groups is 1. The van der Waals surface area contributed by atoms with E-state index in [1.165, 1.54) is 0 Å². The Kier molecular flexibility index (Phi) is 16.4. The number of carboxylic acids is 4. The number of carbonyl (C=O) groups is 8. The number of carboxylic acid groups (broad SMARTS) is 4. The van der Waals surface area contributed by atoms with Crippen molar-refractivity contribution in [1.29, 1.82) is 0 Å². The fraction of sp³-hybridized carbons (Fsp3) is 0.643. The Balaban J connectivity index is 1.92. The molecule has 1 saturated heterocycles. The second kappa shape index (κ2) is 19.9. The normalized spacial score (nSPS) is 18.3. The summed E-state index contributed by atoms with van der Waals surface area (Å²) in [7, 11) is 0. The maximum absolute atomic E-state index is 12.8. The second-order valence-electron chi connectivity index (χ2n) is 11.2. The Hall–Kier alpha value is -4.46. The monoisotopic (exact) mass is 669 g/mol. The van der Waals surface area contributed by atoms with Gasteiger partial charge in [0.05, 0.1) is 32.7 Å². The molecule has 0 bridgehead atoms. The zero-order chi connectivity index (χ0) is 34.9. The molecule has 1 unspecified atom stereocenters. The van der Waals surface area contributed by atoms with Gasteiger partial charge in [-0.1, -0.05) is 0 Å². The molecule has 0 aromatic carbocycles. The van der Waals surface area contributed by atoms with Gasteiger partial charge < -0.3 is 31.1 Å². The van der Waals surface area contributed by atoms with E-state index in [4.69, 9.17) is 0 Å². The van der Waals surface area contributed by atoms with Crippen molar-refractivity contribution >= 4 is 47.5 Å². The molecule has 262 valence electrons. The summed E-state index contributed by atoms with van der Waals surface area (Å²) in [5, 5.41) is 42.2. The lowest BCUT2D eigenvalue weighted by atomic mass is 10.1. The van der Waals surface area contributed by atoms with Gasteiger partial charge in [-0.3, -0.25) is 58.1 Å². The van der Waals surface area contributed by atoms with Gasteiger partial charge in [-0.25, -0.2) is 4.79 Å². The fourth-order valence-corrected chi connectivity index (χ4v) is 5.00. The van der Waals surface area contributed by atoms with Crippen molar-refractivity contribution in [3.05, 3.63) is 12.2 Å². The molecule has 0 aromatic rings. The molecule has 2 rings (SSSR count). The molecule has 2 heterocycles. The van der Waals surface area contributed by atoms with Gasteiger partial charge in [0, 0.05) is 71.1 Å². The van der Waals surface area contributed by atoms with Gasteiger partial charge in [-0.05, 0) is 19.3 Å². The van der Waals surface area contributed by atoms with Gasteiger partial charge >= 0.3 is 23.9 Å². The summed E-state index contributed by atoms with van der Waals surface area (Å²) in [6.07, 6.45) is 2.96. The van der Waals surface area contributed by atoms with Crippen LogP contribution < -0.4 is 10.6 Å². The molecule has 1 atom stereocenters. The van der Waals surface area contributed by atoms with Crippen LogP contribution in [-0.4, -0.2) is 190 Å². The van der Waals surface area contributed by atoms with Crippen molar-refractivity contribution in [2.45, 2.75) is 25.3 Å². The number of carbonyl (C=O) groups excluding carboxylic acids is 4. The number of aliphatic carboxylic acids is 4. The summed E-state index contributed by atoms with van der Waals surface area (Å²) in [4.78, 5) is 102.